The molecule has 0 aromatic rings. The van der Waals surface area contributed by atoms with Gasteiger partial charge in [0.15, 0.2) is 5.05 Å². The molecule has 0 amide bonds. The molecule has 0 bridgehead atoms. The molecule has 3 heteroatoms. The topological polar surface area (TPSA) is 9.23 Å². The molecule has 0 aliphatic carbocycles. The van der Waals surface area contributed by atoms with Gasteiger partial charge in [0.2, 0.25) is 0 Å². The Kier molecular flexibility index (Phi) is 5.44. The molecule has 0 aliphatic heterocycles. The Hall–Kier alpha value is 0.180. The number of halogens is 1. The molecule has 0 unspecified atom stereocenters. The second-order valence-corrected chi connectivity index (χ2v) is 2.34. The fraction of sp³-hybridized carbons (Fsp3) is 0.800. The summed E-state index contributed by atoms with van der Waals surface area (Å²) in [5, 5.41) is 0.593. The Morgan fingerprint density at radius 2 is 2.38 bits per heavy atom. The minimum Gasteiger partial charge on any atom is -0.487 e. The first-order valence-corrected chi connectivity index (χ1v) is 3.41. The van der Waals surface area contributed by atoms with Gasteiger partial charge in [0.1, 0.15) is 0 Å². The van der Waals surface area contributed by atoms with E-state index < -0.39 is 0 Å². The lowest BCUT2D eigenvalue weighted by molar-refractivity contribution is 0.311. The molecule has 0 aromatic carbocycles. The lowest BCUT2D eigenvalue weighted by atomic mass is 10.5. The maximum absolute atomic E-state index is 5.36. The summed E-state index contributed by atoms with van der Waals surface area (Å²) in [5.74, 6) is 0.641. The zero-order valence-corrected chi connectivity index (χ0v) is 6.39. The van der Waals surface area contributed by atoms with Crippen molar-refractivity contribution in [2.45, 2.75) is 13.3 Å². The van der Waals surface area contributed by atoms with Crippen LogP contribution in [0.15, 0.2) is 0 Å². The number of alkyl halides is 1. The predicted octanol–water partition coefficient (Wildman–Crippen LogP) is 1.98. The Labute approximate surface area is 60.0 Å². The fourth-order valence-corrected chi connectivity index (χ4v) is 0.463. The van der Waals surface area contributed by atoms with Crippen molar-refractivity contribution in [1.82, 2.24) is 0 Å². The standard InChI is InChI=1S/C5H9ClOS/c1-5(8)7-4-2-3-6/h2-4H2,1H3. The summed E-state index contributed by atoms with van der Waals surface area (Å²) in [6, 6.07) is 0. The van der Waals surface area contributed by atoms with Gasteiger partial charge in [-0.1, -0.05) is 0 Å². The monoisotopic (exact) mass is 152 g/mol. The molecule has 0 rings (SSSR count). The van der Waals surface area contributed by atoms with Crippen LogP contribution in [0, 0.1) is 0 Å². The van der Waals surface area contributed by atoms with Gasteiger partial charge in [0.05, 0.1) is 6.61 Å². The minimum atomic E-state index is 0.593. The second-order valence-electron chi connectivity index (χ2n) is 1.38. The number of hydrogen-bond acceptors (Lipinski definition) is 2. The van der Waals surface area contributed by atoms with Gasteiger partial charge in [0, 0.05) is 12.8 Å². The summed E-state index contributed by atoms with van der Waals surface area (Å²) in [4.78, 5) is 0. The highest BCUT2D eigenvalue weighted by atomic mass is 35.5. The van der Waals surface area contributed by atoms with E-state index in [1.807, 2.05) is 0 Å². The largest absolute Gasteiger partial charge is 0.487 e. The third-order valence-corrected chi connectivity index (χ3v) is 0.968. The van der Waals surface area contributed by atoms with E-state index in [4.69, 9.17) is 16.3 Å². The quantitative estimate of drug-likeness (QED) is 0.348. The summed E-state index contributed by atoms with van der Waals surface area (Å²) in [6.45, 7) is 2.41. The van der Waals surface area contributed by atoms with Gasteiger partial charge >= 0.3 is 0 Å². The Bertz CT molecular complexity index is 74.8. The SMILES string of the molecule is CC(=S)OCCCCl. The van der Waals surface area contributed by atoms with E-state index in [1.54, 1.807) is 6.92 Å². The zero-order valence-electron chi connectivity index (χ0n) is 4.82. The normalized spacial score (nSPS) is 8.75. The van der Waals surface area contributed by atoms with E-state index >= 15 is 0 Å². The third kappa shape index (κ3) is 6.18. The van der Waals surface area contributed by atoms with Crippen molar-refractivity contribution in [2.24, 2.45) is 0 Å². The summed E-state index contributed by atoms with van der Waals surface area (Å²) >= 11 is 10.0. The van der Waals surface area contributed by atoms with Gasteiger partial charge in [-0.3, -0.25) is 0 Å². The van der Waals surface area contributed by atoms with Crippen molar-refractivity contribution in [3.05, 3.63) is 0 Å². The lowest BCUT2D eigenvalue weighted by Crippen LogP contribution is -1.98. The van der Waals surface area contributed by atoms with Crippen LogP contribution < -0.4 is 0 Å². The molecule has 48 valence electrons. The van der Waals surface area contributed by atoms with Crippen LogP contribution in [-0.2, 0) is 4.74 Å². The average Bonchev–Trinajstić information content (AvgIpc) is 1.66. The van der Waals surface area contributed by atoms with Crippen LogP contribution in [0.5, 0.6) is 0 Å². The summed E-state index contributed by atoms with van der Waals surface area (Å²) in [6.07, 6.45) is 0.871. The smallest absolute Gasteiger partial charge is 0.156 e. The maximum Gasteiger partial charge on any atom is 0.156 e. The molecule has 0 atom stereocenters. The number of ether oxygens (including phenoxy) is 1. The van der Waals surface area contributed by atoms with E-state index in [1.165, 1.54) is 0 Å². The zero-order chi connectivity index (χ0) is 6.41. The molecule has 0 spiro atoms. The highest BCUT2D eigenvalue weighted by Crippen LogP contribution is 1.87. The van der Waals surface area contributed by atoms with E-state index in [9.17, 15) is 0 Å². The Morgan fingerprint density at radius 1 is 1.75 bits per heavy atom. The predicted molar refractivity (Wildman–Crippen MR) is 39.6 cm³/mol. The van der Waals surface area contributed by atoms with Gasteiger partial charge < -0.3 is 4.74 Å². The van der Waals surface area contributed by atoms with Crippen molar-refractivity contribution >= 4 is 28.9 Å². The lowest BCUT2D eigenvalue weighted by Gasteiger charge is -1.98. The molecule has 0 aliphatic rings. The van der Waals surface area contributed by atoms with E-state index in [0.29, 0.717) is 17.5 Å². The van der Waals surface area contributed by atoms with Crippen LogP contribution in [0.25, 0.3) is 0 Å². The highest BCUT2D eigenvalue weighted by molar-refractivity contribution is 7.80. The van der Waals surface area contributed by atoms with Crippen molar-refractivity contribution in [1.29, 1.82) is 0 Å². The van der Waals surface area contributed by atoms with Gasteiger partial charge in [-0.15, -0.1) is 11.6 Å². The number of hydrogen-bond donors (Lipinski definition) is 0. The first-order valence-electron chi connectivity index (χ1n) is 2.46. The van der Waals surface area contributed by atoms with E-state index in [0.717, 1.165) is 6.42 Å². The van der Waals surface area contributed by atoms with Gasteiger partial charge in [0.25, 0.3) is 0 Å². The van der Waals surface area contributed by atoms with Crippen molar-refractivity contribution in [3.63, 3.8) is 0 Å². The molecule has 8 heavy (non-hydrogen) atoms. The second kappa shape index (κ2) is 5.32. The van der Waals surface area contributed by atoms with Crippen LogP contribution in [0.2, 0.25) is 0 Å². The van der Waals surface area contributed by atoms with E-state index in [-0.39, 0.29) is 0 Å². The van der Waals surface area contributed by atoms with Gasteiger partial charge in [-0.25, -0.2) is 0 Å². The van der Waals surface area contributed by atoms with Crippen molar-refractivity contribution in [3.8, 4) is 0 Å². The van der Waals surface area contributed by atoms with Crippen molar-refractivity contribution in [2.75, 3.05) is 12.5 Å². The molecule has 0 fully saturated rings. The maximum atomic E-state index is 5.36. The molecule has 0 aromatic heterocycles. The molecule has 0 heterocycles. The Balaban J connectivity index is 2.82. The van der Waals surface area contributed by atoms with Crippen molar-refractivity contribution < 1.29 is 4.74 Å². The van der Waals surface area contributed by atoms with E-state index in [2.05, 4.69) is 12.2 Å². The summed E-state index contributed by atoms with van der Waals surface area (Å²) in [7, 11) is 0. The molecular formula is C5H9ClOS. The minimum absolute atomic E-state index is 0.593. The number of thiocarbonyl (C=S) groups is 1. The summed E-state index contributed by atoms with van der Waals surface area (Å²) < 4.78 is 4.93. The van der Waals surface area contributed by atoms with Crippen LogP contribution in [0.3, 0.4) is 0 Å². The first-order chi connectivity index (χ1) is 3.77. The average molecular weight is 153 g/mol. The van der Waals surface area contributed by atoms with Gasteiger partial charge in [-0.2, -0.15) is 0 Å². The highest BCUT2D eigenvalue weighted by Gasteiger charge is 1.85. The van der Waals surface area contributed by atoms with Gasteiger partial charge in [-0.05, 0) is 18.6 Å². The Morgan fingerprint density at radius 3 is 2.75 bits per heavy atom. The van der Waals surface area contributed by atoms with Crippen LogP contribution in [0.4, 0.5) is 0 Å². The molecule has 1 nitrogen and oxygen atoms in total. The number of rotatable bonds is 3. The molecular weight excluding hydrogens is 144 g/mol. The van der Waals surface area contributed by atoms with Crippen LogP contribution >= 0.6 is 23.8 Å². The fourth-order valence-electron chi connectivity index (χ4n) is 0.270. The molecule has 0 N–H and O–H groups in total. The first kappa shape index (κ1) is 8.18. The summed E-state index contributed by atoms with van der Waals surface area (Å²) in [5.41, 5.74) is 0. The third-order valence-electron chi connectivity index (χ3n) is 0.583. The van der Waals surface area contributed by atoms with Crippen LogP contribution in [0.1, 0.15) is 13.3 Å². The molecule has 0 radical (unpaired) electrons. The molecule has 0 saturated heterocycles. The molecule has 0 saturated carbocycles. The van der Waals surface area contributed by atoms with Crippen LogP contribution in [-0.4, -0.2) is 17.5 Å².